The van der Waals surface area contributed by atoms with E-state index >= 15 is 0 Å². The minimum Gasteiger partial charge on any atom is -0.508 e. The Labute approximate surface area is 76.4 Å². The summed E-state index contributed by atoms with van der Waals surface area (Å²) in [6.07, 6.45) is 5.02. The Balaban J connectivity index is 2.62. The summed E-state index contributed by atoms with van der Waals surface area (Å²) < 4.78 is 12.7. The summed E-state index contributed by atoms with van der Waals surface area (Å²) in [6, 6.07) is 3.90. The van der Waals surface area contributed by atoms with Crippen LogP contribution in [0.2, 0.25) is 0 Å². The molecule has 0 amide bonds. The second-order valence-electron chi connectivity index (χ2n) is 2.63. The van der Waals surface area contributed by atoms with Crippen molar-refractivity contribution in [1.82, 2.24) is 5.32 Å². The zero-order valence-corrected chi connectivity index (χ0v) is 7.05. The van der Waals surface area contributed by atoms with Crippen molar-refractivity contribution in [3.8, 4) is 18.1 Å². The van der Waals surface area contributed by atoms with Crippen molar-refractivity contribution in [2.24, 2.45) is 0 Å². The molecule has 0 atom stereocenters. The van der Waals surface area contributed by atoms with E-state index in [4.69, 9.17) is 11.5 Å². The van der Waals surface area contributed by atoms with Crippen molar-refractivity contribution >= 4 is 0 Å². The quantitative estimate of drug-likeness (QED) is 0.540. The van der Waals surface area contributed by atoms with Crippen molar-refractivity contribution in [3.05, 3.63) is 29.6 Å². The van der Waals surface area contributed by atoms with Crippen LogP contribution in [0.1, 0.15) is 5.56 Å². The highest BCUT2D eigenvalue weighted by Gasteiger charge is 1.98. The van der Waals surface area contributed by atoms with Gasteiger partial charge in [0.1, 0.15) is 11.6 Å². The zero-order valence-electron chi connectivity index (χ0n) is 7.05. The van der Waals surface area contributed by atoms with Gasteiger partial charge in [0, 0.05) is 12.6 Å². The van der Waals surface area contributed by atoms with Crippen LogP contribution in [0.3, 0.4) is 0 Å². The molecule has 1 aromatic carbocycles. The molecule has 3 heteroatoms. The van der Waals surface area contributed by atoms with Gasteiger partial charge in [-0.1, -0.05) is 5.92 Å². The Morgan fingerprint density at radius 2 is 2.23 bits per heavy atom. The average Bonchev–Trinajstić information content (AvgIpc) is 2.03. The molecule has 1 rings (SSSR count). The summed E-state index contributed by atoms with van der Waals surface area (Å²) >= 11 is 0. The number of rotatable bonds is 3. The molecule has 0 aromatic heterocycles. The first-order chi connectivity index (χ1) is 6.22. The molecule has 0 unspecified atom stereocenters. The standard InChI is InChI=1S/C10H10FNO/c1-2-3-12-7-8-4-9(11)6-10(13)5-8/h1,4-6,12-13H,3,7H2. The van der Waals surface area contributed by atoms with Crippen LogP contribution in [-0.2, 0) is 6.54 Å². The van der Waals surface area contributed by atoms with Crippen molar-refractivity contribution in [1.29, 1.82) is 0 Å². The van der Waals surface area contributed by atoms with Crippen molar-refractivity contribution in [3.63, 3.8) is 0 Å². The van der Waals surface area contributed by atoms with Crippen molar-refractivity contribution in [2.45, 2.75) is 6.54 Å². The minimum atomic E-state index is -0.447. The number of aromatic hydroxyl groups is 1. The van der Waals surface area contributed by atoms with Crippen molar-refractivity contribution in [2.75, 3.05) is 6.54 Å². The number of hydrogen-bond acceptors (Lipinski definition) is 2. The summed E-state index contributed by atoms with van der Waals surface area (Å²) in [5.41, 5.74) is 0.674. The van der Waals surface area contributed by atoms with E-state index in [9.17, 15) is 4.39 Å². The van der Waals surface area contributed by atoms with Crippen molar-refractivity contribution < 1.29 is 9.50 Å². The number of phenolic OH excluding ortho intramolecular Hbond substituents is 1. The molecule has 2 nitrogen and oxygen atoms in total. The molecule has 2 N–H and O–H groups in total. The van der Waals surface area contributed by atoms with Gasteiger partial charge in [-0.15, -0.1) is 6.42 Å². The van der Waals surface area contributed by atoms with Crippen LogP contribution >= 0.6 is 0 Å². The van der Waals surface area contributed by atoms with Crippen LogP contribution in [0.4, 0.5) is 4.39 Å². The molecule has 0 saturated carbocycles. The third-order valence-corrected chi connectivity index (χ3v) is 1.50. The first-order valence-electron chi connectivity index (χ1n) is 3.85. The molecule has 0 heterocycles. The lowest BCUT2D eigenvalue weighted by atomic mass is 10.2. The minimum absolute atomic E-state index is 0.0718. The maximum Gasteiger partial charge on any atom is 0.127 e. The zero-order chi connectivity index (χ0) is 9.68. The molecule has 68 valence electrons. The molecule has 0 bridgehead atoms. The Bertz CT molecular complexity index is 310. The molecule has 0 aliphatic carbocycles. The van der Waals surface area contributed by atoms with Crippen LogP contribution in [0.15, 0.2) is 18.2 Å². The third-order valence-electron chi connectivity index (χ3n) is 1.50. The Hall–Kier alpha value is -1.53. The average molecular weight is 179 g/mol. The predicted octanol–water partition coefficient (Wildman–Crippen LogP) is 1.25. The van der Waals surface area contributed by atoms with Gasteiger partial charge in [0.25, 0.3) is 0 Å². The first kappa shape index (κ1) is 9.56. The second-order valence-corrected chi connectivity index (χ2v) is 2.63. The van der Waals surface area contributed by atoms with Crippen LogP contribution < -0.4 is 5.32 Å². The number of terminal acetylenes is 1. The van der Waals surface area contributed by atoms with Crippen LogP contribution in [0.25, 0.3) is 0 Å². The molecular formula is C10H10FNO. The van der Waals surface area contributed by atoms with Gasteiger partial charge < -0.3 is 10.4 Å². The fraction of sp³-hybridized carbons (Fsp3) is 0.200. The summed E-state index contributed by atoms with van der Waals surface area (Å²) in [5, 5.41) is 11.9. The topological polar surface area (TPSA) is 32.3 Å². The third kappa shape index (κ3) is 3.14. The smallest absolute Gasteiger partial charge is 0.127 e. The molecule has 0 aliphatic heterocycles. The Morgan fingerprint density at radius 1 is 1.46 bits per heavy atom. The van der Waals surface area contributed by atoms with Gasteiger partial charge in [0.2, 0.25) is 0 Å². The largest absolute Gasteiger partial charge is 0.508 e. The first-order valence-corrected chi connectivity index (χ1v) is 3.85. The summed E-state index contributed by atoms with van der Waals surface area (Å²) in [5.74, 6) is 1.88. The number of hydrogen-bond donors (Lipinski definition) is 2. The highest BCUT2D eigenvalue weighted by Crippen LogP contribution is 2.13. The van der Waals surface area contributed by atoms with Gasteiger partial charge in [-0.25, -0.2) is 4.39 Å². The SMILES string of the molecule is C#CCNCc1cc(O)cc(F)c1. The van der Waals surface area contributed by atoms with Gasteiger partial charge in [-0.3, -0.25) is 0 Å². The Morgan fingerprint density at radius 3 is 2.85 bits per heavy atom. The normalized spacial score (nSPS) is 9.54. The molecule has 0 spiro atoms. The fourth-order valence-electron chi connectivity index (χ4n) is 1.01. The van der Waals surface area contributed by atoms with E-state index < -0.39 is 5.82 Å². The second kappa shape index (κ2) is 4.48. The van der Waals surface area contributed by atoms with E-state index in [1.165, 1.54) is 12.1 Å². The van der Waals surface area contributed by atoms with Gasteiger partial charge in [-0.05, 0) is 17.7 Å². The monoisotopic (exact) mass is 179 g/mol. The molecule has 0 fully saturated rings. The van der Waals surface area contributed by atoms with Crippen LogP contribution in [0.5, 0.6) is 5.75 Å². The maximum atomic E-state index is 12.7. The van der Waals surface area contributed by atoms with E-state index in [2.05, 4.69) is 11.2 Å². The summed E-state index contributed by atoms with van der Waals surface area (Å²) in [4.78, 5) is 0. The maximum absolute atomic E-state index is 12.7. The number of benzene rings is 1. The fourth-order valence-corrected chi connectivity index (χ4v) is 1.01. The van der Waals surface area contributed by atoms with Crippen LogP contribution in [0, 0.1) is 18.2 Å². The van der Waals surface area contributed by atoms with E-state index in [1.54, 1.807) is 0 Å². The summed E-state index contributed by atoms with van der Waals surface area (Å²) in [7, 11) is 0. The highest BCUT2D eigenvalue weighted by atomic mass is 19.1. The van der Waals surface area contributed by atoms with Gasteiger partial charge >= 0.3 is 0 Å². The van der Waals surface area contributed by atoms with Gasteiger partial charge in [-0.2, -0.15) is 0 Å². The number of nitrogens with one attached hydrogen (secondary N) is 1. The lowest BCUT2D eigenvalue weighted by Gasteiger charge is -2.02. The highest BCUT2D eigenvalue weighted by molar-refractivity contribution is 5.28. The van der Waals surface area contributed by atoms with Crippen LogP contribution in [-0.4, -0.2) is 11.7 Å². The molecule has 0 aliphatic rings. The Kier molecular flexibility index (Phi) is 3.30. The molecule has 0 radical (unpaired) electrons. The van der Waals surface area contributed by atoms with E-state index in [1.807, 2.05) is 0 Å². The number of phenols is 1. The lowest BCUT2D eigenvalue weighted by Crippen LogP contribution is -2.12. The van der Waals surface area contributed by atoms with E-state index in [0.29, 0.717) is 18.7 Å². The molecule has 13 heavy (non-hydrogen) atoms. The van der Waals surface area contributed by atoms with E-state index in [0.717, 1.165) is 6.07 Å². The van der Waals surface area contributed by atoms with Gasteiger partial charge in [0.15, 0.2) is 0 Å². The number of halogens is 1. The molecular weight excluding hydrogens is 169 g/mol. The molecule has 1 aromatic rings. The summed E-state index contributed by atoms with van der Waals surface area (Å²) in [6.45, 7) is 0.882. The molecule has 0 saturated heterocycles. The van der Waals surface area contributed by atoms with E-state index in [-0.39, 0.29) is 5.75 Å². The van der Waals surface area contributed by atoms with Gasteiger partial charge in [0.05, 0.1) is 6.54 Å². The predicted molar refractivity (Wildman–Crippen MR) is 48.6 cm³/mol. The lowest BCUT2D eigenvalue weighted by molar-refractivity contribution is 0.467.